The van der Waals surface area contributed by atoms with E-state index in [9.17, 15) is 18.0 Å². The number of guanidine groups is 1. The summed E-state index contributed by atoms with van der Waals surface area (Å²) in [6.07, 6.45) is -3.04. The maximum Gasteiger partial charge on any atom is 0.411 e. The van der Waals surface area contributed by atoms with E-state index in [2.05, 4.69) is 15.6 Å². The summed E-state index contributed by atoms with van der Waals surface area (Å²) in [7, 11) is 1.67. The van der Waals surface area contributed by atoms with Crippen LogP contribution >= 0.6 is 24.0 Å². The molecule has 1 aliphatic heterocycles. The molecule has 0 aliphatic carbocycles. The largest absolute Gasteiger partial charge is 0.450 e. The van der Waals surface area contributed by atoms with E-state index in [-0.39, 0.29) is 42.7 Å². The van der Waals surface area contributed by atoms with Crippen molar-refractivity contribution in [2.75, 3.05) is 33.4 Å². The number of alkyl halides is 3. The van der Waals surface area contributed by atoms with Crippen LogP contribution in [0.3, 0.4) is 0 Å². The number of carbonyl (C=O) groups is 1. The van der Waals surface area contributed by atoms with Crippen molar-refractivity contribution in [3.05, 3.63) is 35.4 Å². The number of benzene rings is 1. The number of nitrogens with one attached hydrogen (secondary N) is 2. The third kappa shape index (κ3) is 10.4. The molecule has 0 atom stereocenters. The predicted molar refractivity (Wildman–Crippen MR) is 123 cm³/mol. The fourth-order valence-electron chi connectivity index (χ4n) is 3.11. The van der Waals surface area contributed by atoms with E-state index in [1.165, 1.54) is 0 Å². The van der Waals surface area contributed by atoms with Gasteiger partial charge < -0.3 is 25.0 Å². The van der Waals surface area contributed by atoms with E-state index >= 15 is 0 Å². The molecule has 0 spiro atoms. The molecule has 0 aromatic heterocycles. The van der Waals surface area contributed by atoms with Gasteiger partial charge in [-0.2, -0.15) is 13.2 Å². The summed E-state index contributed by atoms with van der Waals surface area (Å²) < 4.78 is 46.3. The molecule has 1 aromatic carbocycles. The molecule has 7 nitrogen and oxygen atoms in total. The Bertz CT molecular complexity index is 711. The van der Waals surface area contributed by atoms with Crippen LogP contribution in [0.15, 0.2) is 29.3 Å². The summed E-state index contributed by atoms with van der Waals surface area (Å²) in [6.45, 7) is 2.49. The molecular weight excluding hydrogens is 528 g/mol. The zero-order valence-corrected chi connectivity index (χ0v) is 20.0. The molecule has 1 heterocycles. The fraction of sp³-hybridized carbons (Fsp3) is 0.600. The highest BCUT2D eigenvalue weighted by Crippen LogP contribution is 2.16. The molecule has 31 heavy (non-hydrogen) atoms. The van der Waals surface area contributed by atoms with Crippen LogP contribution in [-0.2, 0) is 22.6 Å². The maximum atomic E-state index is 12.2. The summed E-state index contributed by atoms with van der Waals surface area (Å²) in [5, 5.41) is 6.55. The highest BCUT2D eigenvalue weighted by molar-refractivity contribution is 14.0. The van der Waals surface area contributed by atoms with Crippen LogP contribution in [0.1, 0.15) is 30.9 Å². The second-order valence-electron chi connectivity index (χ2n) is 6.96. The van der Waals surface area contributed by atoms with Crippen molar-refractivity contribution in [3.8, 4) is 0 Å². The minimum atomic E-state index is -4.33. The van der Waals surface area contributed by atoms with Crippen LogP contribution < -0.4 is 10.6 Å². The number of amides is 1. The molecule has 1 fully saturated rings. The van der Waals surface area contributed by atoms with Gasteiger partial charge in [0, 0.05) is 32.7 Å². The monoisotopic (exact) mass is 558 g/mol. The van der Waals surface area contributed by atoms with E-state index in [0.717, 1.165) is 18.4 Å². The van der Waals surface area contributed by atoms with Crippen LogP contribution in [0.5, 0.6) is 0 Å². The second kappa shape index (κ2) is 13.6. The molecule has 1 saturated heterocycles. The number of hydrogen-bond acceptors (Lipinski definition) is 4. The van der Waals surface area contributed by atoms with E-state index in [1.807, 2.05) is 6.07 Å². The van der Waals surface area contributed by atoms with E-state index in [0.29, 0.717) is 37.8 Å². The number of rotatable bonds is 7. The standard InChI is InChI=1S/C20H29F3N4O3.HI/c1-3-30-19(28)27-9-7-17(8-10-27)26-18(24-2)25-12-15-5-4-6-16(11-15)13-29-14-20(21,22)23;/h4-6,11,17H,3,7-10,12-14H2,1-2H3,(H2,24,25,26);1H. The molecule has 1 aromatic rings. The number of likely N-dealkylation sites (tertiary alicyclic amines) is 1. The Morgan fingerprint density at radius 3 is 2.55 bits per heavy atom. The Labute approximate surface area is 197 Å². The van der Waals surface area contributed by atoms with Gasteiger partial charge in [-0.1, -0.05) is 24.3 Å². The van der Waals surface area contributed by atoms with Gasteiger partial charge >= 0.3 is 12.3 Å². The summed E-state index contributed by atoms with van der Waals surface area (Å²) in [6, 6.07) is 7.37. The van der Waals surface area contributed by atoms with Gasteiger partial charge in [0.2, 0.25) is 0 Å². The van der Waals surface area contributed by atoms with Gasteiger partial charge in [-0.05, 0) is 30.9 Å². The first kappa shape index (κ1) is 27.3. The molecule has 1 aliphatic rings. The lowest BCUT2D eigenvalue weighted by Crippen LogP contribution is -2.49. The van der Waals surface area contributed by atoms with Gasteiger partial charge in [0.05, 0.1) is 13.2 Å². The molecule has 0 unspecified atom stereocenters. The summed E-state index contributed by atoms with van der Waals surface area (Å²) in [5.74, 6) is 0.628. The zero-order chi connectivity index (χ0) is 22.0. The van der Waals surface area contributed by atoms with E-state index < -0.39 is 12.8 Å². The van der Waals surface area contributed by atoms with Gasteiger partial charge in [0.15, 0.2) is 5.96 Å². The normalized spacial score (nSPS) is 15.3. The van der Waals surface area contributed by atoms with Crippen molar-refractivity contribution in [1.82, 2.24) is 15.5 Å². The molecule has 11 heteroatoms. The predicted octanol–water partition coefficient (Wildman–Crippen LogP) is 3.67. The van der Waals surface area contributed by atoms with Gasteiger partial charge in [0.1, 0.15) is 6.61 Å². The Balaban J connectivity index is 0.00000480. The van der Waals surface area contributed by atoms with Gasteiger partial charge in [-0.3, -0.25) is 4.99 Å². The molecule has 2 rings (SSSR count). The number of piperidine rings is 1. The third-order valence-electron chi connectivity index (χ3n) is 4.57. The van der Waals surface area contributed by atoms with E-state index in [1.54, 1.807) is 37.1 Å². The minimum Gasteiger partial charge on any atom is -0.450 e. The first-order chi connectivity index (χ1) is 14.3. The quantitative estimate of drug-likeness (QED) is 0.304. The van der Waals surface area contributed by atoms with Gasteiger partial charge in [-0.25, -0.2) is 4.79 Å². The second-order valence-corrected chi connectivity index (χ2v) is 6.96. The van der Waals surface area contributed by atoms with Crippen molar-refractivity contribution in [2.45, 2.75) is 45.1 Å². The van der Waals surface area contributed by atoms with E-state index in [4.69, 9.17) is 9.47 Å². The average Bonchev–Trinajstić information content (AvgIpc) is 2.71. The number of hydrogen-bond donors (Lipinski definition) is 2. The summed E-state index contributed by atoms with van der Waals surface area (Å²) in [5.41, 5.74) is 1.58. The maximum absolute atomic E-state index is 12.2. The number of aliphatic imine (C=N–C) groups is 1. The third-order valence-corrected chi connectivity index (χ3v) is 4.57. The average molecular weight is 558 g/mol. The lowest BCUT2D eigenvalue weighted by atomic mass is 10.1. The minimum absolute atomic E-state index is 0. The van der Waals surface area contributed by atoms with Gasteiger partial charge in [-0.15, -0.1) is 24.0 Å². The van der Waals surface area contributed by atoms with Crippen LogP contribution in [0, 0.1) is 0 Å². The Morgan fingerprint density at radius 1 is 1.26 bits per heavy atom. The highest BCUT2D eigenvalue weighted by Gasteiger charge is 2.27. The van der Waals surface area contributed by atoms with Crippen molar-refractivity contribution in [2.24, 2.45) is 4.99 Å². The molecular formula is C20H30F3IN4O3. The Morgan fingerprint density at radius 2 is 1.94 bits per heavy atom. The van der Waals surface area contributed by atoms with Crippen molar-refractivity contribution in [3.63, 3.8) is 0 Å². The lowest BCUT2D eigenvalue weighted by Gasteiger charge is -2.32. The molecule has 0 radical (unpaired) electrons. The van der Waals surface area contributed by atoms with Crippen molar-refractivity contribution < 1.29 is 27.4 Å². The first-order valence-electron chi connectivity index (χ1n) is 9.92. The molecule has 176 valence electrons. The first-order valence-corrected chi connectivity index (χ1v) is 9.92. The number of carbonyl (C=O) groups excluding carboxylic acids is 1. The van der Waals surface area contributed by atoms with Crippen LogP contribution in [0.4, 0.5) is 18.0 Å². The summed E-state index contributed by atoms with van der Waals surface area (Å²) in [4.78, 5) is 17.7. The number of ether oxygens (including phenoxy) is 2. The molecule has 2 N–H and O–H groups in total. The van der Waals surface area contributed by atoms with Crippen LogP contribution in [0.25, 0.3) is 0 Å². The zero-order valence-electron chi connectivity index (χ0n) is 17.7. The number of nitrogens with zero attached hydrogens (tertiary/aromatic N) is 2. The van der Waals surface area contributed by atoms with Crippen LogP contribution in [0.2, 0.25) is 0 Å². The lowest BCUT2D eigenvalue weighted by molar-refractivity contribution is -0.176. The molecule has 0 saturated carbocycles. The molecule has 0 bridgehead atoms. The Kier molecular flexibility index (Phi) is 12.0. The number of halogens is 4. The van der Waals surface area contributed by atoms with Crippen LogP contribution in [-0.4, -0.2) is 62.5 Å². The van der Waals surface area contributed by atoms with Crippen molar-refractivity contribution in [1.29, 1.82) is 0 Å². The SMILES string of the molecule is CCOC(=O)N1CCC(NC(=NC)NCc2cccc(COCC(F)(F)F)c2)CC1.I. The van der Waals surface area contributed by atoms with Gasteiger partial charge in [0.25, 0.3) is 0 Å². The van der Waals surface area contributed by atoms with Crippen molar-refractivity contribution >= 4 is 36.0 Å². The smallest absolute Gasteiger partial charge is 0.411 e. The topological polar surface area (TPSA) is 75.2 Å². The highest BCUT2D eigenvalue weighted by atomic mass is 127. The molecule has 1 amide bonds. The fourth-order valence-corrected chi connectivity index (χ4v) is 3.11. The summed E-state index contributed by atoms with van der Waals surface area (Å²) >= 11 is 0. The Hall–Kier alpha value is -1.76.